The van der Waals surface area contributed by atoms with Crippen molar-refractivity contribution in [3.8, 4) is 0 Å². The number of nitrogens with zero attached hydrogens (tertiary/aromatic N) is 3. The van der Waals surface area contributed by atoms with E-state index in [1.165, 1.54) is 5.69 Å². The first-order chi connectivity index (χ1) is 11.0. The predicted molar refractivity (Wildman–Crippen MR) is 96.3 cm³/mol. The summed E-state index contributed by atoms with van der Waals surface area (Å²) in [6.07, 6.45) is 5.68. The molecule has 2 N–H and O–H groups in total. The normalized spacial score (nSPS) is 14.7. The first kappa shape index (κ1) is 17.8. The summed E-state index contributed by atoms with van der Waals surface area (Å²) in [5, 5.41) is 6.32. The largest absolute Gasteiger partial charge is 0.356 e. The Kier molecular flexibility index (Phi) is 6.50. The van der Waals surface area contributed by atoms with Crippen LogP contribution in [-0.2, 0) is 18.4 Å². The molecule has 1 aliphatic carbocycles. The highest BCUT2D eigenvalue weighted by atomic mass is 79.9. The molecule has 0 radical (unpaired) electrons. The molecule has 2 rings (SSSR count). The summed E-state index contributed by atoms with van der Waals surface area (Å²) in [5.41, 5.74) is 1.20. The lowest BCUT2D eigenvalue weighted by molar-refractivity contribution is -0.121. The smallest absolute Gasteiger partial charge is 0.220 e. The Labute approximate surface area is 146 Å². The summed E-state index contributed by atoms with van der Waals surface area (Å²) >= 11 is 3.49. The Bertz CT molecular complexity index is 565. The first-order valence-corrected chi connectivity index (χ1v) is 8.80. The van der Waals surface area contributed by atoms with Crippen molar-refractivity contribution >= 4 is 27.8 Å². The lowest BCUT2D eigenvalue weighted by atomic mass is 10.3. The van der Waals surface area contributed by atoms with E-state index in [0.29, 0.717) is 12.5 Å². The summed E-state index contributed by atoms with van der Waals surface area (Å²) < 4.78 is 3.17. The molecular formula is C16H26BrN5O. The summed E-state index contributed by atoms with van der Waals surface area (Å²) in [6.45, 7) is 1.51. The molecular weight excluding hydrogens is 358 g/mol. The maximum absolute atomic E-state index is 11.6. The molecule has 0 unspecified atom stereocenters. The van der Waals surface area contributed by atoms with Gasteiger partial charge in [-0.15, -0.1) is 0 Å². The molecule has 1 aromatic heterocycles. The van der Waals surface area contributed by atoms with Crippen molar-refractivity contribution in [3.63, 3.8) is 0 Å². The standard InChI is InChI=1S/C16H26BrN5O/c1-18-16(19-8-4-5-15(23)20-13-6-7-13)22(3)11-14-9-12(17)10-21(14)2/h9-10,13H,4-8,11H2,1-3H3,(H,18,19)(H,20,23). The summed E-state index contributed by atoms with van der Waals surface area (Å²) in [4.78, 5) is 18.0. The second kappa shape index (κ2) is 8.38. The van der Waals surface area contributed by atoms with Crippen LogP contribution in [0.25, 0.3) is 0 Å². The number of aromatic nitrogens is 1. The first-order valence-electron chi connectivity index (χ1n) is 8.01. The molecule has 1 fully saturated rings. The van der Waals surface area contributed by atoms with Gasteiger partial charge in [0.2, 0.25) is 5.91 Å². The Balaban J connectivity index is 1.71. The van der Waals surface area contributed by atoms with E-state index >= 15 is 0 Å². The van der Waals surface area contributed by atoms with E-state index < -0.39 is 0 Å². The van der Waals surface area contributed by atoms with E-state index in [1.54, 1.807) is 7.05 Å². The molecule has 1 amide bonds. The van der Waals surface area contributed by atoms with Gasteiger partial charge in [0.25, 0.3) is 0 Å². The molecule has 1 aliphatic rings. The van der Waals surface area contributed by atoms with Gasteiger partial charge in [0.15, 0.2) is 5.96 Å². The van der Waals surface area contributed by atoms with Gasteiger partial charge in [-0.25, -0.2) is 0 Å². The molecule has 128 valence electrons. The number of rotatable bonds is 7. The number of carbonyl (C=O) groups excluding carboxylic acids is 1. The summed E-state index contributed by atoms with van der Waals surface area (Å²) in [7, 11) is 5.82. The number of amides is 1. The van der Waals surface area contributed by atoms with Crippen molar-refractivity contribution < 1.29 is 4.79 Å². The van der Waals surface area contributed by atoms with Gasteiger partial charge in [-0.05, 0) is 41.3 Å². The second-order valence-electron chi connectivity index (χ2n) is 6.04. The van der Waals surface area contributed by atoms with Gasteiger partial charge in [0, 0.05) is 56.5 Å². The van der Waals surface area contributed by atoms with Crippen LogP contribution in [0.15, 0.2) is 21.7 Å². The topological polar surface area (TPSA) is 61.7 Å². The molecule has 1 saturated carbocycles. The number of halogens is 1. The molecule has 7 heteroatoms. The third kappa shape index (κ3) is 5.89. The Morgan fingerprint density at radius 2 is 2.26 bits per heavy atom. The zero-order valence-corrected chi connectivity index (χ0v) is 15.7. The zero-order chi connectivity index (χ0) is 16.8. The molecule has 0 bridgehead atoms. The van der Waals surface area contributed by atoms with Gasteiger partial charge in [-0.2, -0.15) is 0 Å². The fourth-order valence-electron chi connectivity index (χ4n) is 2.40. The van der Waals surface area contributed by atoms with E-state index in [9.17, 15) is 4.79 Å². The Morgan fingerprint density at radius 3 is 2.83 bits per heavy atom. The van der Waals surface area contributed by atoms with Crippen LogP contribution >= 0.6 is 15.9 Å². The number of hydrogen-bond donors (Lipinski definition) is 2. The maximum atomic E-state index is 11.6. The highest BCUT2D eigenvalue weighted by Crippen LogP contribution is 2.18. The molecule has 6 nitrogen and oxygen atoms in total. The molecule has 0 aliphatic heterocycles. The van der Waals surface area contributed by atoms with E-state index in [0.717, 1.165) is 42.8 Å². The van der Waals surface area contributed by atoms with Gasteiger partial charge >= 0.3 is 0 Å². The van der Waals surface area contributed by atoms with Crippen LogP contribution in [0, 0.1) is 0 Å². The SMILES string of the molecule is CN=C(NCCCC(=O)NC1CC1)N(C)Cc1cc(Br)cn1C. The molecule has 0 saturated heterocycles. The van der Waals surface area contributed by atoms with Crippen LogP contribution in [0.2, 0.25) is 0 Å². The van der Waals surface area contributed by atoms with E-state index in [2.05, 4.69) is 47.1 Å². The van der Waals surface area contributed by atoms with Crippen LogP contribution in [0.1, 0.15) is 31.4 Å². The van der Waals surface area contributed by atoms with Crippen molar-refractivity contribution in [2.45, 2.75) is 38.3 Å². The molecule has 0 aromatic carbocycles. The average molecular weight is 384 g/mol. The van der Waals surface area contributed by atoms with Gasteiger partial charge in [-0.1, -0.05) is 0 Å². The fraction of sp³-hybridized carbons (Fsp3) is 0.625. The van der Waals surface area contributed by atoms with E-state index in [-0.39, 0.29) is 5.91 Å². The predicted octanol–water partition coefficient (Wildman–Crippen LogP) is 1.85. The number of nitrogens with one attached hydrogen (secondary N) is 2. The molecule has 0 spiro atoms. The Morgan fingerprint density at radius 1 is 1.52 bits per heavy atom. The number of carbonyl (C=O) groups is 1. The third-order valence-corrected chi connectivity index (χ3v) is 4.29. The van der Waals surface area contributed by atoms with Crippen LogP contribution < -0.4 is 10.6 Å². The van der Waals surface area contributed by atoms with Crippen LogP contribution in [-0.4, -0.2) is 48.0 Å². The monoisotopic (exact) mass is 383 g/mol. The number of aliphatic imine (C=N–C) groups is 1. The van der Waals surface area contributed by atoms with Gasteiger partial charge in [0.1, 0.15) is 0 Å². The zero-order valence-electron chi connectivity index (χ0n) is 14.1. The molecule has 23 heavy (non-hydrogen) atoms. The quantitative estimate of drug-likeness (QED) is 0.429. The highest BCUT2D eigenvalue weighted by molar-refractivity contribution is 9.10. The minimum absolute atomic E-state index is 0.159. The molecule has 1 aromatic rings. The van der Waals surface area contributed by atoms with Gasteiger partial charge < -0.3 is 20.1 Å². The van der Waals surface area contributed by atoms with E-state index in [4.69, 9.17) is 0 Å². The second-order valence-corrected chi connectivity index (χ2v) is 6.95. The molecule has 1 heterocycles. The van der Waals surface area contributed by atoms with Crippen molar-refractivity contribution in [2.75, 3.05) is 20.6 Å². The fourth-order valence-corrected chi connectivity index (χ4v) is 2.97. The van der Waals surface area contributed by atoms with Crippen molar-refractivity contribution in [1.29, 1.82) is 0 Å². The number of hydrogen-bond acceptors (Lipinski definition) is 2. The minimum Gasteiger partial charge on any atom is -0.356 e. The number of guanidine groups is 1. The highest BCUT2D eigenvalue weighted by Gasteiger charge is 2.22. The summed E-state index contributed by atoms with van der Waals surface area (Å²) in [5.74, 6) is 0.997. The maximum Gasteiger partial charge on any atom is 0.220 e. The minimum atomic E-state index is 0.159. The average Bonchev–Trinajstić information content (AvgIpc) is 3.24. The van der Waals surface area contributed by atoms with Crippen molar-refractivity contribution in [3.05, 3.63) is 22.4 Å². The van der Waals surface area contributed by atoms with Crippen LogP contribution in [0.5, 0.6) is 0 Å². The van der Waals surface area contributed by atoms with Gasteiger partial charge in [-0.3, -0.25) is 9.79 Å². The van der Waals surface area contributed by atoms with Crippen LogP contribution in [0.3, 0.4) is 0 Å². The lowest BCUT2D eigenvalue weighted by Gasteiger charge is -2.22. The van der Waals surface area contributed by atoms with E-state index in [1.807, 2.05) is 20.3 Å². The molecule has 0 atom stereocenters. The lowest BCUT2D eigenvalue weighted by Crippen LogP contribution is -2.39. The van der Waals surface area contributed by atoms with Gasteiger partial charge in [0.05, 0.1) is 6.54 Å². The third-order valence-electron chi connectivity index (χ3n) is 3.85. The number of aryl methyl sites for hydroxylation is 1. The summed E-state index contributed by atoms with van der Waals surface area (Å²) in [6, 6.07) is 2.55. The van der Waals surface area contributed by atoms with Crippen molar-refractivity contribution in [1.82, 2.24) is 20.1 Å². The Hall–Kier alpha value is -1.50. The van der Waals surface area contributed by atoms with Crippen molar-refractivity contribution in [2.24, 2.45) is 12.0 Å². The van der Waals surface area contributed by atoms with Crippen LogP contribution in [0.4, 0.5) is 0 Å².